The van der Waals surface area contributed by atoms with Crippen molar-refractivity contribution >= 4 is 21.8 Å². The number of aromatic nitrogens is 3. The molecule has 0 saturated heterocycles. The molecule has 0 unspecified atom stereocenters. The van der Waals surface area contributed by atoms with Crippen molar-refractivity contribution in [1.82, 2.24) is 9.97 Å². The highest BCUT2D eigenvalue weighted by Crippen LogP contribution is 2.19. The van der Waals surface area contributed by atoms with Crippen molar-refractivity contribution in [3.05, 3.63) is 96.8 Å². The molecule has 2 aromatic heterocycles. The highest BCUT2D eigenvalue weighted by atomic mass is 15.0. The van der Waals surface area contributed by atoms with Crippen LogP contribution < -0.4 is 4.57 Å². The van der Waals surface area contributed by atoms with Crippen LogP contribution in [0.1, 0.15) is 5.56 Å². The lowest BCUT2D eigenvalue weighted by atomic mass is 10.1. The Morgan fingerprint density at radius 3 is 2.50 bits per heavy atom. The van der Waals surface area contributed by atoms with E-state index in [0.29, 0.717) is 0 Å². The molecule has 124 valence electrons. The van der Waals surface area contributed by atoms with Gasteiger partial charge in [0.2, 0.25) is 0 Å². The minimum Gasteiger partial charge on any atom is -0.333 e. The molecular formula is C23H18N3+. The summed E-state index contributed by atoms with van der Waals surface area (Å²) in [5.74, 6) is 0.907. The fraction of sp³-hybridized carbons (Fsp3) is 0.0435. The van der Waals surface area contributed by atoms with Crippen molar-refractivity contribution in [2.45, 2.75) is 6.54 Å². The quantitative estimate of drug-likeness (QED) is 0.475. The van der Waals surface area contributed by atoms with E-state index in [-0.39, 0.29) is 0 Å². The first-order valence-electron chi connectivity index (χ1n) is 8.77. The smallest absolute Gasteiger partial charge is 0.195 e. The number of benzene rings is 3. The van der Waals surface area contributed by atoms with Crippen LogP contribution in [0.3, 0.4) is 0 Å². The monoisotopic (exact) mass is 336 g/mol. The van der Waals surface area contributed by atoms with Crippen molar-refractivity contribution in [1.29, 1.82) is 0 Å². The summed E-state index contributed by atoms with van der Waals surface area (Å²) in [5, 5.41) is 2.55. The summed E-state index contributed by atoms with van der Waals surface area (Å²) in [4.78, 5) is 8.14. The van der Waals surface area contributed by atoms with E-state index >= 15 is 0 Å². The van der Waals surface area contributed by atoms with Crippen molar-refractivity contribution < 1.29 is 4.57 Å². The van der Waals surface area contributed by atoms with Crippen molar-refractivity contribution in [3.63, 3.8) is 0 Å². The van der Waals surface area contributed by atoms with Gasteiger partial charge in [0.25, 0.3) is 0 Å². The molecule has 1 N–H and O–H groups in total. The van der Waals surface area contributed by atoms with E-state index in [2.05, 4.69) is 82.6 Å². The molecule has 0 fully saturated rings. The van der Waals surface area contributed by atoms with E-state index in [1.807, 2.05) is 18.2 Å². The molecular weight excluding hydrogens is 318 g/mol. The molecule has 0 aliphatic heterocycles. The van der Waals surface area contributed by atoms with Crippen LogP contribution in [0.15, 0.2) is 91.3 Å². The molecule has 3 nitrogen and oxygen atoms in total. The average molecular weight is 336 g/mol. The zero-order chi connectivity index (χ0) is 17.3. The number of rotatable bonds is 3. The number of nitrogens with one attached hydrogen (secondary N) is 1. The normalized spacial score (nSPS) is 11.2. The van der Waals surface area contributed by atoms with Gasteiger partial charge in [-0.2, -0.15) is 4.57 Å². The van der Waals surface area contributed by atoms with Gasteiger partial charge in [0.05, 0.1) is 0 Å². The zero-order valence-corrected chi connectivity index (χ0v) is 14.3. The molecule has 0 radical (unpaired) electrons. The fourth-order valence-corrected chi connectivity index (χ4v) is 3.38. The summed E-state index contributed by atoms with van der Waals surface area (Å²) in [5.41, 5.74) is 4.42. The number of hydrogen-bond donors (Lipinski definition) is 1. The summed E-state index contributed by atoms with van der Waals surface area (Å²) >= 11 is 0. The maximum absolute atomic E-state index is 4.70. The van der Waals surface area contributed by atoms with Crippen LogP contribution in [-0.4, -0.2) is 9.97 Å². The third-order valence-corrected chi connectivity index (χ3v) is 4.71. The van der Waals surface area contributed by atoms with Gasteiger partial charge in [-0.05, 0) is 16.8 Å². The van der Waals surface area contributed by atoms with Crippen LogP contribution in [0.5, 0.6) is 0 Å². The number of fused-ring (bicyclic) bond motifs is 2. The van der Waals surface area contributed by atoms with Gasteiger partial charge in [-0.3, -0.25) is 0 Å². The summed E-state index contributed by atoms with van der Waals surface area (Å²) in [6.45, 7) is 0.834. The van der Waals surface area contributed by atoms with Gasteiger partial charge in [-0.1, -0.05) is 66.7 Å². The molecule has 3 aromatic carbocycles. The Morgan fingerprint density at radius 1 is 0.808 bits per heavy atom. The lowest BCUT2D eigenvalue weighted by molar-refractivity contribution is -0.687. The Bertz CT molecular complexity index is 1210. The molecule has 0 bridgehead atoms. The maximum atomic E-state index is 4.70. The van der Waals surface area contributed by atoms with Crippen LogP contribution in [0, 0.1) is 0 Å². The standard InChI is InChI=1S/C23H17N3/c1-2-7-19(8-3-1)23-24-21-12-13-26(16-22(21)25-23)15-17-10-11-18-6-4-5-9-20(18)14-17/h1-14,16H,15H2/p+1. The first kappa shape index (κ1) is 14.8. The number of pyridine rings is 1. The average Bonchev–Trinajstić information content (AvgIpc) is 3.12. The zero-order valence-electron chi connectivity index (χ0n) is 14.3. The Hall–Kier alpha value is -3.46. The van der Waals surface area contributed by atoms with E-state index in [1.165, 1.54) is 16.3 Å². The SMILES string of the molecule is c1ccc(-c2nc3cc[n+](Cc4ccc5ccccc5c4)cc3[nH]2)cc1. The predicted molar refractivity (Wildman–Crippen MR) is 105 cm³/mol. The van der Waals surface area contributed by atoms with E-state index in [0.717, 1.165) is 29.0 Å². The topological polar surface area (TPSA) is 32.6 Å². The second-order valence-corrected chi connectivity index (χ2v) is 6.55. The van der Waals surface area contributed by atoms with Gasteiger partial charge in [-0.25, -0.2) is 4.98 Å². The minimum absolute atomic E-state index is 0.834. The summed E-state index contributed by atoms with van der Waals surface area (Å²) in [6.07, 6.45) is 4.22. The number of H-pyrrole nitrogens is 1. The highest BCUT2D eigenvalue weighted by Gasteiger charge is 2.10. The van der Waals surface area contributed by atoms with Gasteiger partial charge in [0.1, 0.15) is 16.9 Å². The summed E-state index contributed by atoms with van der Waals surface area (Å²) < 4.78 is 2.19. The Kier molecular flexibility index (Phi) is 3.49. The molecule has 0 aliphatic carbocycles. The van der Waals surface area contributed by atoms with E-state index < -0.39 is 0 Å². The molecule has 3 heteroatoms. The van der Waals surface area contributed by atoms with Crippen molar-refractivity contribution in [2.75, 3.05) is 0 Å². The molecule has 0 spiro atoms. The first-order valence-corrected chi connectivity index (χ1v) is 8.77. The molecule has 0 amide bonds. The van der Waals surface area contributed by atoms with Crippen molar-refractivity contribution in [2.24, 2.45) is 0 Å². The second kappa shape index (κ2) is 6.12. The lowest BCUT2D eigenvalue weighted by Crippen LogP contribution is -2.33. The number of hydrogen-bond acceptors (Lipinski definition) is 1. The second-order valence-electron chi connectivity index (χ2n) is 6.55. The fourth-order valence-electron chi connectivity index (χ4n) is 3.38. The molecule has 26 heavy (non-hydrogen) atoms. The minimum atomic E-state index is 0.834. The van der Waals surface area contributed by atoms with Gasteiger partial charge in [-0.15, -0.1) is 0 Å². The number of aromatic amines is 1. The third kappa shape index (κ3) is 2.74. The Morgan fingerprint density at radius 2 is 1.62 bits per heavy atom. The van der Waals surface area contributed by atoms with E-state index in [4.69, 9.17) is 4.98 Å². The molecule has 5 rings (SSSR count). The van der Waals surface area contributed by atoms with Gasteiger partial charge >= 0.3 is 0 Å². The molecule has 2 heterocycles. The van der Waals surface area contributed by atoms with Crippen LogP contribution in [0.25, 0.3) is 33.2 Å². The first-order chi connectivity index (χ1) is 12.8. The maximum Gasteiger partial charge on any atom is 0.195 e. The Labute approximate surface area is 151 Å². The summed E-state index contributed by atoms with van der Waals surface area (Å²) in [6, 6.07) is 27.4. The van der Waals surface area contributed by atoms with Crippen LogP contribution in [0.2, 0.25) is 0 Å². The summed E-state index contributed by atoms with van der Waals surface area (Å²) in [7, 11) is 0. The Balaban J connectivity index is 1.48. The van der Waals surface area contributed by atoms with E-state index in [1.54, 1.807) is 0 Å². The largest absolute Gasteiger partial charge is 0.333 e. The molecule has 0 saturated carbocycles. The number of imidazole rings is 1. The molecule has 5 aromatic rings. The van der Waals surface area contributed by atoms with Gasteiger partial charge < -0.3 is 4.98 Å². The highest BCUT2D eigenvalue weighted by molar-refractivity contribution is 5.83. The predicted octanol–water partition coefficient (Wildman–Crippen LogP) is 4.72. The van der Waals surface area contributed by atoms with Crippen LogP contribution in [-0.2, 0) is 6.54 Å². The lowest BCUT2D eigenvalue weighted by Gasteiger charge is -2.01. The third-order valence-electron chi connectivity index (χ3n) is 4.71. The van der Waals surface area contributed by atoms with Crippen molar-refractivity contribution in [3.8, 4) is 11.4 Å². The van der Waals surface area contributed by atoms with Gasteiger partial charge in [0.15, 0.2) is 18.9 Å². The molecule has 0 atom stereocenters. The van der Waals surface area contributed by atoms with Crippen LogP contribution in [0.4, 0.5) is 0 Å². The van der Waals surface area contributed by atoms with E-state index in [9.17, 15) is 0 Å². The number of nitrogens with zero attached hydrogens (tertiary/aromatic N) is 2. The van der Waals surface area contributed by atoms with Crippen LogP contribution >= 0.6 is 0 Å². The van der Waals surface area contributed by atoms with Gasteiger partial charge in [0, 0.05) is 17.2 Å². The molecule has 0 aliphatic rings.